The summed E-state index contributed by atoms with van der Waals surface area (Å²) in [4.78, 5) is 0.214. The molecule has 1 aromatic rings. The summed E-state index contributed by atoms with van der Waals surface area (Å²) in [5.74, 6) is 0.527. The number of aliphatic hydroxyl groups is 1. The Morgan fingerprint density at radius 3 is 2.50 bits per heavy atom. The summed E-state index contributed by atoms with van der Waals surface area (Å²) in [6.45, 7) is 2.48. The molecule has 7 heteroatoms. The maximum absolute atomic E-state index is 13.0. The number of hydrogen-bond donors (Lipinski definition) is 1. The van der Waals surface area contributed by atoms with Gasteiger partial charge < -0.3 is 9.84 Å². The van der Waals surface area contributed by atoms with E-state index in [0.717, 1.165) is 6.07 Å². The van der Waals surface area contributed by atoms with Gasteiger partial charge >= 0.3 is 6.18 Å². The van der Waals surface area contributed by atoms with Gasteiger partial charge in [0.25, 0.3) is 0 Å². The summed E-state index contributed by atoms with van der Waals surface area (Å²) in [5.41, 5.74) is -0.850. The Bertz CT molecular complexity index is 474. The minimum absolute atomic E-state index is 0.0369. The van der Waals surface area contributed by atoms with Crippen LogP contribution in [0, 0.1) is 5.41 Å². The van der Waals surface area contributed by atoms with E-state index in [1.54, 1.807) is 7.11 Å². The van der Waals surface area contributed by atoms with Gasteiger partial charge in [-0.05, 0) is 42.2 Å². The largest absolute Gasteiger partial charge is 0.417 e. The van der Waals surface area contributed by atoms with Gasteiger partial charge in [-0.2, -0.15) is 13.2 Å². The van der Waals surface area contributed by atoms with Crippen LogP contribution >= 0.6 is 27.7 Å². The third-order valence-electron chi connectivity index (χ3n) is 3.42. The molecule has 22 heavy (non-hydrogen) atoms. The lowest BCUT2D eigenvalue weighted by Gasteiger charge is -2.28. The maximum Gasteiger partial charge on any atom is 0.417 e. The molecule has 0 radical (unpaired) electrons. The fourth-order valence-electron chi connectivity index (χ4n) is 2.14. The minimum atomic E-state index is -4.36. The number of ether oxygens (including phenoxy) is 1. The highest BCUT2D eigenvalue weighted by molar-refractivity contribution is 9.10. The Hall–Kier alpha value is -0.240. The normalized spacial score (nSPS) is 14.9. The first-order chi connectivity index (χ1) is 10.2. The Morgan fingerprint density at radius 2 is 1.95 bits per heavy atom. The topological polar surface area (TPSA) is 29.5 Å². The first-order valence-electron chi connectivity index (χ1n) is 6.81. The van der Waals surface area contributed by atoms with Crippen LogP contribution in [0.15, 0.2) is 27.6 Å². The fraction of sp³-hybridized carbons (Fsp3) is 0.600. The van der Waals surface area contributed by atoms with Crippen molar-refractivity contribution in [1.82, 2.24) is 0 Å². The second-order valence-electron chi connectivity index (χ2n) is 5.45. The number of benzene rings is 1. The van der Waals surface area contributed by atoms with E-state index in [1.165, 1.54) is 23.9 Å². The minimum Gasteiger partial charge on any atom is -0.396 e. The van der Waals surface area contributed by atoms with Crippen molar-refractivity contribution in [2.24, 2.45) is 5.41 Å². The van der Waals surface area contributed by atoms with Gasteiger partial charge in [-0.15, -0.1) is 11.8 Å². The molecule has 0 spiro atoms. The number of alkyl halides is 3. The van der Waals surface area contributed by atoms with Crippen molar-refractivity contribution in [2.45, 2.75) is 30.8 Å². The Labute approximate surface area is 141 Å². The van der Waals surface area contributed by atoms with E-state index in [9.17, 15) is 13.2 Å². The molecule has 0 aliphatic carbocycles. The molecule has 0 aliphatic rings. The highest BCUT2D eigenvalue weighted by Crippen LogP contribution is 2.39. The molecule has 0 aromatic heterocycles. The summed E-state index contributed by atoms with van der Waals surface area (Å²) in [5, 5.41) is 9.11. The van der Waals surface area contributed by atoms with Gasteiger partial charge in [-0.1, -0.05) is 22.9 Å². The second kappa shape index (κ2) is 8.57. The fourth-order valence-corrected chi connectivity index (χ4v) is 4.02. The van der Waals surface area contributed by atoms with Gasteiger partial charge in [0, 0.05) is 23.1 Å². The van der Waals surface area contributed by atoms with E-state index >= 15 is 0 Å². The summed E-state index contributed by atoms with van der Waals surface area (Å²) >= 11 is 4.39. The average molecular weight is 401 g/mol. The molecule has 1 unspecified atom stereocenters. The van der Waals surface area contributed by atoms with E-state index in [1.807, 2.05) is 6.92 Å². The number of thioether (sulfide) groups is 1. The Morgan fingerprint density at radius 1 is 1.27 bits per heavy atom. The number of rotatable bonds is 8. The summed E-state index contributed by atoms with van der Waals surface area (Å²) < 4.78 is 44.8. The third kappa shape index (κ3) is 6.10. The van der Waals surface area contributed by atoms with Crippen LogP contribution in [0.25, 0.3) is 0 Å². The van der Waals surface area contributed by atoms with Crippen LogP contribution in [-0.2, 0) is 10.9 Å². The van der Waals surface area contributed by atoms with Gasteiger partial charge in [0.2, 0.25) is 0 Å². The molecular formula is C15H20BrF3O2S. The van der Waals surface area contributed by atoms with Crippen LogP contribution < -0.4 is 0 Å². The molecule has 126 valence electrons. The monoisotopic (exact) mass is 400 g/mol. The molecule has 0 saturated carbocycles. The lowest BCUT2D eigenvalue weighted by molar-refractivity contribution is -0.139. The van der Waals surface area contributed by atoms with Gasteiger partial charge in [0.05, 0.1) is 12.2 Å². The van der Waals surface area contributed by atoms with Crippen LogP contribution in [-0.4, -0.2) is 31.2 Å². The standard InChI is InChI=1S/C15H20BrF3O2S/c1-14(5-7-20,10-21-2)6-8-22-13-9-11(16)3-4-12(13)15(17,18)19/h3-4,9,20H,5-8,10H2,1-2H3. The van der Waals surface area contributed by atoms with Crippen molar-refractivity contribution in [2.75, 3.05) is 26.1 Å². The third-order valence-corrected chi connectivity index (χ3v) is 4.97. The smallest absolute Gasteiger partial charge is 0.396 e. The van der Waals surface area contributed by atoms with E-state index in [-0.39, 0.29) is 16.9 Å². The molecule has 1 atom stereocenters. The Balaban J connectivity index is 2.77. The molecule has 0 fully saturated rings. The van der Waals surface area contributed by atoms with Crippen LogP contribution in [0.4, 0.5) is 13.2 Å². The number of methoxy groups -OCH3 is 1. The van der Waals surface area contributed by atoms with Crippen LogP contribution in [0.2, 0.25) is 0 Å². The molecule has 0 heterocycles. The SMILES string of the molecule is COCC(C)(CCO)CCSc1cc(Br)ccc1C(F)(F)F. The van der Waals surface area contributed by atoms with Crippen molar-refractivity contribution in [3.8, 4) is 0 Å². The van der Waals surface area contributed by atoms with Gasteiger partial charge in [0.15, 0.2) is 0 Å². The van der Waals surface area contributed by atoms with Crippen LogP contribution in [0.5, 0.6) is 0 Å². The van der Waals surface area contributed by atoms with Crippen molar-refractivity contribution in [3.05, 3.63) is 28.2 Å². The van der Waals surface area contributed by atoms with Crippen LogP contribution in [0.1, 0.15) is 25.3 Å². The molecule has 1 N–H and O–H groups in total. The van der Waals surface area contributed by atoms with Crippen molar-refractivity contribution >= 4 is 27.7 Å². The molecule has 0 amide bonds. The molecule has 0 bridgehead atoms. The molecule has 2 nitrogen and oxygen atoms in total. The molecular weight excluding hydrogens is 381 g/mol. The highest BCUT2D eigenvalue weighted by atomic mass is 79.9. The highest BCUT2D eigenvalue weighted by Gasteiger charge is 2.33. The van der Waals surface area contributed by atoms with Gasteiger partial charge in [-0.3, -0.25) is 0 Å². The molecule has 1 rings (SSSR count). The number of aliphatic hydroxyl groups excluding tert-OH is 1. The Kier molecular flexibility index (Phi) is 7.71. The maximum atomic E-state index is 13.0. The molecule has 1 aromatic carbocycles. The zero-order valence-corrected chi connectivity index (χ0v) is 14.9. The summed E-state index contributed by atoms with van der Waals surface area (Å²) in [7, 11) is 1.58. The first kappa shape index (κ1) is 19.8. The second-order valence-corrected chi connectivity index (χ2v) is 7.51. The number of hydrogen-bond acceptors (Lipinski definition) is 3. The number of halogens is 4. The van der Waals surface area contributed by atoms with Crippen molar-refractivity contribution in [1.29, 1.82) is 0 Å². The van der Waals surface area contributed by atoms with Crippen molar-refractivity contribution < 1.29 is 23.0 Å². The lowest BCUT2D eigenvalue weighted by Crippen LogP contribution is -2.25. The zero-order valence-electron chi connectivity index (χ0n) is 12.5. The van der Waals surface area contributed by atoms with Gasteiger partial charge in [-0.25, -0.2) is 0 Å². The summed E-state index contributed by atoms with van der Waals surface area (Å²) in [6.07, 6.45) is -3.13. The lowest BCUT2D eigenvalue weighted by atomic mass is 9.85. The van der Waals surface area contributed by atoms with E-state index in [4.69, 9.17) is 9.84 Å². The van der Waals surface area contributed by atoms with Crippen LogP contribution in [0.3, 0.4) is 0 Å². The quantitative estimate of drug-likeness (QED) is 0.623. The predicted molar refractivity (Wildman–Crippen MR) is 86.2 cm³/mol. The average Bonchev–Trinajstić information content (AvgIpc) is 2.37. The van der Waals surface area contributed by atoms with E-state index in [0.29, 0.717) is 29.7 Å². The van der Waals surface area contributed by atoms with Gasteiger partial charge in [0.1, 0.15) is 0 Å². The van der Waals surface area contributed by atoms with E-state index < -0.39 is 11.7 Å². The zero-order chi connectivity index (χ0) is 16.8. The van der Waals surface area contributed by atoms with Crippen molar-refractivity contribution in [3.63, 3.8) is 0 Å². The van der Waals surface area contributed by atoms with E-state index in [2.05, 4.69) is 15.9 Å². The molecule has 0 saturated heterocycles. The molecule has 0 aliphatic heterocycles. The summed E-state index contributed by atoms with van der Waals surface area (Å²) in [6, 6.07) is 3.98. The first-order valence-corrected chi connectivity index (χ1v) is 8.59. The predicted octanol–water partition coefficient (Wildman–Crippen LogP) is 4.99.